The van der Waals surface area contributed by atoms with Crippen LogP contribution in [0.15, 0.2) is 30.5 Å². The first-order valence-electron chi connectivity index (χ1n) is 7.26. The molecular formula is C15H19N5O3. The summed E-state index contributed by atoms with van der Waals surface area (Å²) < 4.78 is 1.82. The monoisotopic (exact) mass is 317 g/mol. The Labute approximate surface area is 133 Å². The largest absolute Gasteiger partial charge is 0.331 e. The molecule has 122 valence electrons. The van der Waals surface area contributed by atoms with E-state index < -0.39 is 4.92 Å². The van der Waals surface area contributed by atoms with Gasteiger partial charge in [0.25, 0.3) is 5.69 Å². The summed E-state index contributed by atoms with van der Waals surface area (Å²) in [6, 6.07) is 5.08. The summed E-state index contributed by atoms with van der Waals surface area (Å²) in [5, 5.41) is 20.4. The maximum atomic E-state index is 12.0. The van der Waals surface area contributed by atoms with Crippen molar-refractivity contribution in [3.8, 4) is 0 Å². The van der Waals surface area contributed by atoms with Crippen LogP contribution in [0.5, 0.6) is 0 Å². The maximum Gasteiger partial charge on any atom is 0.319 e. The van der Waals surface area contributed by atoms with E-state index in [0.717, 1.165) is 17.8 Å². The molecule has 1 aromatic heterocycles. The van der Waals surface area contributed by atoms with E-state index in [1.165, 1.54) is 24.3 Å². The van der Waals surface area contributed by atoms with E-state index in [4.69, 9.17) is 0 Å². The quantitative estimate of drug-likeness (QED) is 0.653. The molecule has 0 saturated heterocycles. The van der Waals surface area contributed by atoms with Crippen molar-refractivity contribution in [2.24, 2.45) is 0 Å². The van der Waals surface area contributed by atoms with Crippen molar-refractivity contribution >= 4 is 17.4 Å². The molecule has 0 fully saturated rings. The van der Waals surface area contributed by atoms with Crippen LogP contribution in [-0.4, -0.2) is 20.7 Å². The molecule has 2 rings (SSSR count). The van der Waals surface area contributed by atoms with Crippen LogP contribution in [0.3, 0.4) is 0 Å². The summed E-state index contributed by atoms with van der Waals surface area (Å²) >= 11 is 0. The zero-order chi connectivity index (χ0) is 17.0. The number of nitro benzene ring substituents is 1. The molecule has 0 radical (unpaired) electrons. The van der Waals surface area contributed by atoms with Gasteiger partial charge in [-0.2, -0.15) is 5.10 Å². The molecule has 2 N–H and O–H groups in total. The molecular weight excluding hydrogens is 298 g/mol. The molecule has 8 nitrogen and oxygen atoms in total. The summed E-state index contributed by atoms with van der Waals surface area (Å²) in [5.41, 5.74) is 2.29. The average Bonchev–Trinajstić information content (AvgIpc) is 2.89. The van der Waals surface area contributed by atoms with Gasteiger partial charge in [0, 0.05) is 36.1 Å². The number of anilines is 1. The Morgan fingerprint density at radius 2 is 2.04 bits per heavy atom. The molecule has 0 aliphatic heterocycles. The van der Waals surface area contributed by atoms with Crippen molar-refractivity contribution < 1.29 is 9.72 Å². The Hall–Kier alpha value is -2.90. The van der Waals surface area contributed by atoms with E-state index in [0.29, 0.717) is 5.69 Å². The Balaban J connectivity index is 1.98. The van der Waals surface area contributed by atoms with E-state index in [1.54, 1.807) is 0 Å². The Morgan fingerprint density at radius 1 is 1.39 bits per heavy atom. The normalized spacial score (nSPS) is 11.8. The van der Waals surface area contributed by atoms with Crippen LogP contribution in [0.25, 0.3) is 0 Å². The zero-order valence-corrected chi connectivity index (χ0v) is 13.2. The summed E-state index contributed by atoms with van der Waals surface area (Å²) in [7, 11) is 0. The van der Waals surface area contributed by atoms with E-state index in [9.17, 15) is 14.9 Å². The SMILES string of the molecule is CCn1cc([C@H](C)NC(=O)Nc2ccc([N+](=O)[O-])cc2)c(C)n1. The number of rotatable bonds is 5. The minimum absolute atomic E-state index is 0.0214. The Morgan fingerprint density at radius 3 is 2.57 bits per heavy atom. The minimum atomic E-state index is -0.486. The summed E-state index contributed by atoms with van der Waals surface area (Å²) in [6.07, 6.45) is 1.91. The van der Waals surface area contributed by atoms with Gasteiger partial charge in [-0.05, 0) is 32.9 Å². The van der Waals surface area contributed by atoms with Crippen LogP contribution in [-0.2, 0) is 6.54 Å². The number of urea groups is 1. The highest BCUT2D eigenvalue weighted by molar-refractivity contribution is 5.89. The van der Waals surface area contributed by atoms with Crippen LogP contribution in [0.2, 0.25) is 0 Å². The van der Waals surface area contributed by atoms with Crippen molar-refractivity contribution in [3.05, 3.63) is 51.8 Å². The van der Waals surface area contributed by atoms with Gasteiger partial charge in [0.05, 0.1) is 16.7 Å². The van der Waals surface area contributed by atoms with Crippen LogP contribution in [0, 0.1) is 17.0 Å². The van der Waals surface area contributed by atoms with E-state index in [2.05, 4.69) is 15.7 Å². The Kier molecular flexibility index (Phi) is 4.95. The lowest BCUT2D eigenvalue weighted by molar-refractivity contribution is -0.384. The van der Waals surface area contributed by atoms with Gasteiger partial charge in [-0.3, -0.25) is 14.8 Å². The molecule has 1 heterocycles. The molecule has 0 bridgehead atoms. The maximum absolute atomic E-state index is 12.0. The molecule has 1 atom stereocenters. The predicted octanol–water partition coefficient (Wildman–Crippen LogP) is 3.00. The van der Waals surface area contributed by atoms with Gasteiger partial charge in [0.1, 0.15) is 0 Å². The number of nitrogens with one attached hydrogen (secondary N) is 2. The molecule has 8 heteroatoms. The van der Waals surface area contributed by atoms with Crippen molar-refractivity contribution in [2.45, 2.75) is 33.4 Å². The highest BCUT2D eigenvalue weighted by Gasteiger charge is 2.15. The third-order valence-electron chi connectivity index (χ3n) is 3.46. The lowest BCUT2D eigenvalue weighted by Crippen LogP contribution is -2.31. The second kappa shape index (κ2) is 6.91. The summed E-state index contributed by atoms with van der Waals surface area (Å²) in [6.45, 7) is 6.53. The number of non-ortho nitro benzene ring substituents is 1. The molecule has 23 heavy (non-hydrogen) atoms. The van der Waals surface area contributed by atoms with Crippen LogP contribution in [0.4, 0.5) is 16.2 Å². The molecule has 0 spiro atoms. The highest BCUT2D eigenvalue weighted by Crippen LogP contribution is 2.18. The molecule has 0 saturated carbocycles. The van der Waals surface area contributed by atoms with Gasteiger partial charge < -0.3 is 10.6 Å². The molecule has 2 amide bonds. The van der Waals surface area contributed by atoms with Crippen molar-refractivity contribution in [1.82, 2.24) is 15.1 Å². The lowest BCUT2D eigenvalue weighted by atomic mass is 10.1. The number of carbonyl (C=O) groups is 1. The van der Waals surface area contributed by atoms with Crippen molar-refractivity contribution in [3.63, 3.8) is 0 Å². The number of nitro groups is 1. The minimum Gasteiger partial charge on any atom is -0.331 e. The smallest absolute Gasteiger partial charge is 0.319 e. The number of carbonyl (C=O) groups excluding carboxylic acids is 1. The molecule has 0 unspecified atom stereocenters. The highest BCUT2D eigenvalue weighted by atomic mass is 16.6. The molecule has 0 aliphatic carbocycles. The fourth-order valence-corrected chi connectivity index (χ4v) is 2.23. The van der Waals surface area contributed by atoms with E-state index >= 15 is 0 Å². The predicted molar refractivity (Wildman–Crippen MR) is 86.3 cm³/mol. The Bertz CT molecular complexity index is 708. The number of hydrogen-bond donors (Lipinski definition) is 2. The van der Waals surface area contributed by atoms with Gasteiger partial charge in [0.2, 0.25) is 0 Å². The van der Waals surface area contributed by atoms with Crippen LogP contribution < -0.4 is 10.6 Å². The van der Waals surface area contributed by atoms with Gasteiger partial charge >= 0.3 is 6.03 Å². The number of aryl methyl sites for hydroxylation is 2. The first-order valence-corrected chi connectivity index (χ1v) is 7.26. The second-order valence-electron chi connectivity index (χ2n) is 5.15. The topological polar surface area (TPSA) is 102 Å². The summed E-state index contributed by atoms with van der Waals surface area (Å²) in [4.78, 5) is 22.1. The molecule has 0 aliphatic rings. The average molecular weight is 317 g/mol. The lowest BCUT2D eigenvalue weighted by Gasteiger charge is -2.14. The van der Waals surface area contributed by atoms with Crippen LogP contribution >= 0.6 is 0 Å². The van der Waals surface area contributed by atoms with E-state index in [-0.39, 0.29) is 17.8 Å². The standard InChI is InChI=1S/C15H19N5O3/c1-4-19-9-14(11(3)18-19)10(2)16-15(21)17-12-5-7-13(8-6-12)20(22)23/h5-10H,4H2,1-3H3,(H2,16,17,21)/t10-/m0/s1. The zero-order valence-electron chi connectivity index (χ0n) is 13.2. The van der Waals surface area contributed by atoms with Crippen molar-refractivity contribution in [2.75, 3.05) is 5.32 Å². The fourth-order valence-electron chi connectivity index (χ4n) is 2.23. The number of hydrogen-bond acceptors (Lipinski definition) is 4. The second-order valence-corrected chi connectivity index (χ2v) is 5.15. The first-order chi connectivity index (χ1) is 10.9. The van der Waals surface area contributed by atoms with Gasteiger partial charge in [-0.1, -0.05) is 0 Å². The van der Waals surface area contributed by atoms with Crippen molar-refractivity contribution in [1.29, 1.82) is 0 Å². The van der Waals surface area contributed by atoms with Crippen LogP contribution in [0.1, 0.15) is 31.1 Å². The fraction of sp³-hybridized carbons (Fsp3) is 0.333. The third kappa shape index (κ3) is 4.06. The van der Waals surface area contributed by atoms with Gasteiger partial charge in [-0.15, -0.1) is 0 Å². The number of benzene rings is 1. The third-order valence-corrected chi connectivity index (χ3v) is 3.46. The van der Waals surface area contributed by atoms with Gasteiger partial charge in [0.15, 0.2) is 0 Å². The van der Waals surface area contributed by atoms with Gasteiger partial charge in [-0.25, -0.2) is 4.79 Å². The number of amides is 2. The molecule has 1 aromatic carbocycles. The number of nitrogens with zero attached hydrogens (tertiary/aromatic N) is 3. The van der Waals surface area contributed by atoms with E-state index in [1.807, 2.05) is 31.6 Å². The first kappa shape index (κ1) is 16.5. The summed E-state index contributed by atoms with van der Waals surface area (Å²) in [5.74, 6) is 0. The molecule has 2 aromatic rings. The number of aromatic nitrogens is 2.